The molecule has 170 valence electrons. The van der Waals surface area contributed by atoms with Crippen LogP contribution in [0.4, 0.5) is 5.69 Å². The number of aliphatic imine (C=N–C) groups is 1. The molecule has 0 bridgehead atoms. The lowest BCUT2D eigenvalue weighted by molar-refractivity contribution is -0.384. The fourth-order valence-electron chi connectivity index (χ4n) is 2.42. The number of carboxylic acids is 2. The summed E-state index contributed by atoms with van der Waals surface area (Å²) < 4.78 is 1.71. The fourth-order valence-corrected chi connectivity index (χ4v) is 2.42. The third kappa shape index (κ3) is 9.35. The molecule has 0 unspecified atom stereocenters. The molecule has 12 heteroatoms. The number of aromatic nitrogens is 1. The molecule has 0 atom stereocenters. The minimum Gasteiger partial charge on any atom is -0.481 e. The highest BCUT2D eigenvalue weighted by molar-refractivity contribution is 5.91. The number of carbonyl (C=O) groups is 2. The van der Waals surface area contributed by atoms with Gasteiger partial charge in [0.25, 0.3) is 5.69 Å². The molecular formula is C20H24N6O6. The van der Waals surface area contributed by atoms with Crippen LogP contribution in [0.25, 0.3) is 11.8 Å². The van der Waals surface area contributed by atoms with Crippen molar-refractivity contribution in [3.05, 3.63) is 64.5 Å². The monoisotopic (exact) mass is 444 g/mol. The summed E-state index contributed by atoms with van der Waals surface area (Å²) in [6.45, 7) is 0. The van der Waals surface area contributed by atoms with Crippen molar-refractivity contribution in [2.75, 3.05) is 0 Å². The average molecular weight is 444 g/mol. The standard InChI is InChI=1S/C14H14N6O2.C6H10O4/c15-14(18-16)17-9-3-5-11-6-4-10-19(11)12-7-1-2-8-13(12)20(21)22;7-5(8)3-1-2-4-6(9)10/h1-10H,16H2,(H2,15,18);1-4H2,(H,7,8)(H,9,10). The number of para-hydroxylation sites is 2. The van der Waals surface area contributed by atoms with Gasteiger partial charge in [-0.25, -0.2) is 4.99 Å². The Morgan fingerprint density at radius 2 is 1.72 bits per heavy atom. The minimum atomic E-state index is -0.870. The fraction of sp³-hybridized carbons (Fsp3) is 0.200. The van der Waals surface area contributed by atoms with E-state index >= 15 is 0 Å². The maximum atomic E-state index is 11.1. The Morgan fingerprint density at radius 1 is 1.09 bits per heavy atom. The van der Waals surface area contributed by atoms with Crippen molar-refractivity contribution < 1.29 is 24.7 Å². The number of allylic oxidation sites excluding steroid dienone is 1. The molecule has 2 rings (SSSR count). The molecule has 6 N–H and O–H groups in total. The number of hydrazone groups is 1. The van der Waals surface area contributed by atoms with E-state index in [2.05, 4.69) is 10.1 Å². The SMILES string of the molecule is NN=C(N)N=CC=Cc1cccn1-c1ccccc1[N+](=O)[O-].O=C(O)CCCCC(=O)O. The second-order valence-electron chi connectivity index (χ2n) is 6.17. The van der Waals surface area contributed by atoms with Crippen molar-refractivity contribution >= 4 is 35.9 Å². The molecule has 0 amide bonds. The van der Waals surface area contributed by atoms with Crippen molar-refractivity contribution in [1.82, 2.24) is 4.57 Å². The average Bonchev–Trinajstić information content (AvgIpc) is 3.22. The van der Waals surface area contributed by atoms with Gasteiger partial charge >= 0.3 is 11.9 Å². The van der Waals surface area contributed by atoms with Crippen LogP contribution < -0.4 is 11.6 Å². The lowest BCUT2D eigenvalue weighted by atomic mass is 10.2. The summed E-state index contributed by atoms with van der Waals surface area (Å²) in [5.41, 5.74) is 6.59. The summed E-state index contributed by atoms with van der Waals surface area (Å²) in [5, 5.41) is 30.6. The number of benzene rings is 1. The first-order valence-corrected chi connectivity index (χ1v) is 9.35. The van der Waals surface area contributed by atoms with Gasteiger partial charge < -0.3 is 26.4 Å². The van der Waals surface area contributed by atoms with E-state index in [9.17, 15) is 19.7 Å². The van der Waals surface area contributed by atoms with Gasteiger partial charge in [0.2, 0.25) is 5.96 Å². The number of nitrogens with zero attached hydrogens (tertiary/aromatic N) is 4. The van der Waals surface area contributed by atoms with E-state index in [-0.39, 0.29) is 24.5 Å². The van der Waals surface area contributed by atoms with E-state index in [0.29, 0.717) is 18.5 Å². The number of aliphatic carboxylic acids is 2. The third-order valence-electron chi connectivity index (χ3n) is 3.84. The Morgan fingerprint density at radius 3 is 2.28 bits per heavy atom. The molecule has 0 radical (unpaired) electrons. The van der Waals surface area contributed by atoms with Gasteiger partial charge in [-0.3, -0.25) is 19.7 Å². The number of rotatable bonds is 9. The van der Waals surface area contributed by atoms with E-state index in [1.165, 1.54) is 12.3 Å². The third-order valence-corrected chi connectivity index (χ3v) is 3.84. The molecule has 0 aliphatic rings. The molecule has 1 aromatic carbocycles. The van der Waals surface area contributed by atoms with E-state index in [1.54, 1.807) is 47.2 Å². The Bertz CT molecular complexity index is 996. The van der Waals surface area contributed by atoms with Gasteiger partial charge in [0.1, 0.15) is 5.69 Å². The zero-order valence-corrected chi connectivity index (χ0v) is 17.1. The summed E-state index contributed by atoms with van der Waals surface area (Å²) in [5.74, 6) is 3.17. The van der Waals surface area contributed by atoms with Crippen LogP contribution in [-0.2, 0) is 9.59 Å². The highest BCUT2D eigenvalue weighted by atomic mass is 16.6. The Kier molecular flexibility index (Phi) is 10.9. The molecule has 2 aromatic rings. The second kappa shape index (κ2) is 13.7. The van der Waals surface area contributed by atoms with Crippen LogP contribution in [0.1, 0.15) is 31.4 Å². The number of guanidine groups is 1. The van der Waals surface area contributed by atoms with Crippen LogP contribution in [-0.4, -0.2) is 43.8 Å². The zero-order valence-electron chi connectivity index (χ0n) is 17.1. The van der Waals surface area contributed by atoms with Crippen LogP contribution in [0.5, 0.6) is 0 Å². The Labute approximate surface area is 183 Å². The number of unbranched alkanes of at least 4 members (excludes halogenated alkanes) is 1. The molecule has 0 saturated heterocycles. The molecule has 0 aliphatic heterocycles. The lowest BCUT2D eigenvalue weighted by Crippen LogP contribution is -2.10. The van der Waals surface area contributed by atoms with Crippen LogP contribution in [0.2, 0.25) is 0 Å². The van der Waals surface area contributed by atoms with Gasteiger partial charge in [-0.05, 0) is 43.2 Å². The van der Waals surface area contributed by atoms with Crippen molar-refractivity contribution in [2.45, 2.75) is 25.7 Å². The van der Waals surface area contributed by atoms with Crippen LogP contribution >= 0.6 is 0 Å². The number of hydrogen-bond acceptors (Lipinski definition) is 6. The normalized spacial score (nSPS) is 11.3. The van der Waals surface area contributed by atoms with Crippen molar-refractivity contribution in [3.8, 4) is 5.69 Å². The van der Waals surface area contributed by atoms with Crippen LogP contribution in [0.3, 0.4) is 0 Å². The number of nitro benzene ring substituents is 1. The van der Waals surface area contributed by atoms with Crippen molar-refractivity contribution in [1.29, 1.82) is 0 Å². The molecule has 0 saturated carbocycles. The van der Waals surface area contributed by atoms with E-state index in [4.69, 9.17) is 21.8 Å². The Hall–Kier alpha value is -4.48. The van der Waals surface area contributed by atoms with Gasteiger partial charge in [-0.1, -0.05) is 12.1 Å². The summed E-state index contributed by atoms with van der Waals surface area (Å²) in [7, 11) is 0. The minimum absolute atomic E-state index is 0.0292. The van der Waals surface area contributed by atoms with E-state index in [1.807, 2.05) is 6.07 Å². The summed E-state index contributed by atoms with van der Waals surface area (Å²) in [6.07, 6.45) is 7.57. The maximum absolute atomic E-state index is 11.1. The first-order chi connectivity index (χ1) is 15.3. The number of hydrogen-bond donors (Lipinski definition) is 4. The van der Waals surface area contributed by atoms with Crippen molar-refractivity contribution in [3.63, 3.8) is 0 Å². The summed E-state index contributed by atoms with van der Waals surface area (Å²) in [4.78, 5) is 34.3. The van der Waals surface area contributed by atoms with Gasteiger partial charge in [-0.2, -0.15) is 0 Å². The molecule has 1 heterocycles. The summed E-state index contributed by atoms with van der Waals surface area (Å²) in [6, 6.07) is 10.1. The second-order valence-corrected chi connectivity index (χ2v) is 6.17. The number of carboxylic acid groups (broad SMARTS) is 2. The van der Waals surface area contributed by atoms with Gasteiger partial charge in [0.15, 0.2) is 0 Å². The molecule has 0 aliphatic carbocycles. The molecule has 12 nitrogen and oxygen atoms in total. The first kappa shape index (κ1) is 25.6. The predicted octanol–water partition coefficient (Wildman–Crippen LogP) is 2.37. The summed E-state index contributed by atoms with van der Waals surface area (Å²) >= 11 is 0. The molecule has 0 fully saturated rings. The number of nitrogens with two attached hydrogens (primary N) is 2. The van der Waals surface area contributed by atoms with Gasteiger partial charge in [0, 0.05) is 37.0 Å². The molecule has 1 aromatic heterocycles. The van der Waals surface area contributed by atoms with Crippen LogP contribution in [0, 0.1) is 10.1 Å². The highest BCUT2D eigenvalue weighted by Crippen LogP contribution is 2.24. The van der Waals surface area contributed by atoms with Gasteiger partial charge in [-0.15, -0.1) is 5.10 Å². The maximum Gasteiger partial charge on any atom is 0.303 e. The smallest absolute Gasteiger partial charge is 0.303 e. The molecule has 32 heavy (non-hydrogen) atoms. The van der Waals surface area contributed by atoms with E-state index in [0.717, 1.165) is 5.69 Å². The quantitative estimate of drug-likeness (QED) is 0.113. The van der Waals surface area contributed by atoms with Crippen LogP contribution in [0.15, 0.2) is 58.8 Å². The lowest BCUT2D eigenvalue weighted by Gasteiger charge is -2.06. The predicted molar refractivity (Wildman–Crippen MR) is 119 cm³/mol. The Balaban J connectivity index is 0.000000433. The molecule has 0 spiro atoms. The first-order valence-electron chi connectivity index (χ1n) is 9.35. The van der Waals surface area contributed by atoms with Crippen molar-refractivity contribution in [2.24, 2.45) is 21.7 Å². The topological polar surface area (TPSA) is 199 Å². The highest BCUT2D eigenvalue weighted by Gasteiger charge is 2.14. The van der Waals surface area contributed by atoms with Gasteiger partial charge in [0.05, 0.1) is 4.92 Å². The molecular weight excluding hydrogens is 420 g/mol. The zero-order chi connectivity index (χ0) is 23.9. The number of nitro groups is 1. The largest absolute Gasteiger partial charge is 0.481 e. The van der Waals surface area contributed by atoms with E-state index < -0.39 is 16.9 Å².